The molecule has 3 aromatic rings. The smallest absolute Gasteiger partial charge is 0.110 e. The van der Waals surface area contributed by atoms with Gasteiger partial charge in [-0.2, -0.15) is 5.10 Å². The van der Waals surface area contributed by atoms with Crippen LogP contribution in [0.25, 0.3) is 22.2 Å². The Morgan fingerprint density at radius 3 is 2.89 bits per heavy atom. The number of aliphatic hydroxyl groups is 1. The molecular formula is C20H26N6OS. The number of likely N-dealkylation sites (N-methyl/N-ethyl adjacent to an activating group) is 1. The van der Waals surface area contributed by atoms with E-state index in [1.165, 1.54) is 10.3 Å². The van der Waals surface area contributed by atoms with Gasteiger partial charge in [0.15, 0.2) is 0 Å². The van der Waals surface area contributed by atoms with Gasteiger partial charge in [0.1, 0.15) is 10.7 Å². The maximum Gasteiger partial charge on any atom is 0.110 e. The van der Waals surface area contributed by atoms with Crippen molar-refractivity contribution in [3.05, 3.63) is 30.5 Å². The summed E-state index contributed by atoms with van der Waals surface area (Å²) in [6.45, 7) is 4.12. The Morgan fingerprint density at radius 2 is 2.07 bits per heavy atom. The first-order chi connectivity index (χ1) is 13.7. The molecule has 28 heavy (non-hydrogen) atoms. The largest absolute Gasteiger partial charge is 0.395 e. The third-order valence-corrected chi connectivity index (χ3v) is 5.91. The highest BCUT2D eigenvalue weighted by Gasteiger charge is 2.26. The van der Waals surface area contributed by atoms with Gasteiger partial charge in [-0.15, -0.1) is 0 Å². The lowest BCUT2D eigenvalue weighted by Gasteiger charge is -2.19. The summed E-state index contributed by atoms with van der Waals surface area (Å²) in [4.78, 5) is 7.96. The van der Waals surface area contributed by atoms with Crippen LogP contribution in [0.4, 0.5) is 5.69 Å². The second-order valence-corrected chi connectivity index (χ2v) is 8.07. The second kappa shape index (κ2) is 8.48. The van der Waals surface area contributed by atoms with Crippen LogP contribution in [-0.2, 0) is 6.54 Å². The fourth-order valence-corrected chi connectivity index (χ4v) is 4.53. The molecule has 4 rings (SSSR count). The number of fused-ring (bicyclic) bond motifs is 2. The Morgan fingerprint density at radius 1 is 1.18 bits per heavy atom. The van der Waals surface area contributed by atoms with Crippen LogP contribution < -0.4 is 10.6 Å². The molecule has 0 unspecified atom stereocenters. The Balaban J connectivity index is 1.73. The van der Waals surface area contributed by atoms with Crippen molar-refractivity contribution in [3.63, 3.8) is 0 Å². The summed E-state index contributed by atoms with van der Waals surface area (Å²) in [6.07, 6.45) is 1.84. The number of hydrogen-bond donors (Lipinski definition) is 3. The molecule has 2 aromatic heterocycles. The summed E-state index contributed by atoms with van der Waals surface area (Å²) in [5.74, 6) is 0. The summed E-state index contributed by atoms with van der Waals surface area (Å²) in [7, 11) is 4.16. The Bertz CT molecular complexity index is 971. The SMILES string of the molecule is CN(C)CCNc1ccc2c3c(nn2CCNCCO)-c2cccnc2Sc13. The minimum absolute atomic E-state index is 0.146. The van der Waals surface area contributed by atoms with Gasteiger partial charge in [0.05, 0.1) is 18.7 Å². The summed E-state index contributed by atoms with van der Waals surface area (Å²) in [6, 6.07) is 8.37. The number of hydrogen-bond acceptors (Lipinski definition) is 7. The van der Waals surface area contributed by atoms with E-state index >= 15 is 0 Å². The van der Waals surface area contributed by atoms with Crippen LogP contribution in [0.1, 0.15) is 0 Å². The number of rotatable bonds is 9. The lowest BCUT2D eigenvalue weighted by atomic mass is 10.1. The molecule has 1 aliphatic heterocycles. The molecule has 3 N–H and O–H groups in total. The predicted octanol–water partition coefficient (Wildman–Crippen LogP) is 2.12. The van der Waals surface area contributed by atoms with Crippen LogP contribution in [0.2, 0.25) is 0 Å². The first kappa shape index (κ1) is 19.2. The van der Waals surface area contributed by atoms with Gasteiger partial charge in [-0.05, 0) is 38.4 Å². The summed E-state index contributed by atoms with van der Waals surface area (Å²) in [5, 5.41) is 22.9. The van der Waals surface area contributed by atoms with E-state index in [4.69, 9.17) is 10.2 Å². The Kier molecular flexibility index (Phi) is 5.82. The monoisotopic (exact) mass is 398 g/mol. The molecule has 7 nitrogen and oxygen atoms in total. The standard InChI is InChI=1S/C20H26N6OS/c1-25(2)11-9-22-15-5-6-16-17-18(24-26(16)12-8-21-10-13-27)14-4-3-7-23-20(14)28-19(15)17/h3-7,21-22,27H,8-13H2,1-2H3. The van der Waals surface area contributed by atoms with Gasteiger partial charge < -0.3 is 20.6 Å². The zero-order chi connectivity index (χ0) is 19.5. The van der Waals surface area contributed by atoms with Crippen LogP contribution in [0, 0.1) is 0 Å². The van der Waals surface area contributed by atoms with Crippen molar-refractivity contribution in [1.82, 2.24) is 25.0 Å². The van der Waals surface area contributed by atoms with Crippen molar-refractivity contribution in [2.24, 2.45) is 0 Å². The molecule has 0 saturated carbocycles. The van der Waals surface area contributed by atoms with Crippen molar-refractivity contribution in [3.8, 4) is 11.3 Å². The van der Waals surface area contributed by atoms with Gasteiger partial charge >= 0.3 is 0 Å². The van der Waals surface area contributed by atoms with Crippen molar-refractivity contribution in [2.75, 3.05) is 52.2 Å². The van der Waals surface area contributed by atoms with Gasteiger partial charge in [0.2, 0.25) is 0 Å². The van der Waals surface area contributed by atoms with E-state index in [0.29, 0.717) is 6.54 Å². The Hall–Kier alpha value is -2.13. The number of benzene rings is 1. The van der Waals surface area contributed by atoms with Gasteiger partial charge in [0.25, 0.3) is 0 Å². The average Bonchev–Trinajstić information content (AvgIpc) is 3.06. The van der Waals surface area contributed by atoms with Gasteiger partial charge in [-0.3, -0.25) is 4.68 Å². The lowest BCUT2D eigenvalue weighted by molar-refractivity contribution is 0.291. The number of anilines is 1. The highest BCUT2D eigenvalue weighted by molar-refractivity contribution is 7.99. The molecule has 0 spiro atoms. The summed E-state index contributed by atoms with van der Waals surface area (Å²) < 4.78 is 2.06. The van der Waals surface area contributed by atoms with Crippen molar-refractivity contribution in [2.45, 2.75) is 16.5 Å². The highest BCUT2D eigenvalue weighted by atomic mass is 32.2. The van der Waals surface area contributed by atoms with Crippen LogP contribution in [0.15, 0.2) is 40.4 Å². The zero-order valence-corrected chi connectivity index (χ0v) is 17.1. The molecule has 8 heteroatoms. The van der Waals surface area contributed by atoms with Gasteiger partial charge in [-0.25, -0.2) is 4.98 Å². The number of aliphatic hydroxyl groups excluding tert-OH is 1. The number of pyridine rings is 1. The fraction of sp³-hybridized carbons (Fsp3) is 0.400. The normalized spacial score (nSPS) is 12.6. The third kappa shape index (κ3) is 3.73. The first-order valence-corrected chi connectivity index (χ1v) is 10.4. The summed E-state index contributed by atoms with van der Waals surface area (Å²) >= 11 is 1.72. The maximum absolute atomic E-state index is 8.96. The van der Waals surface area contributed by atoms with Crippen molar-refractivity contribution in [1.29, 1.82) is 0 Å². The van der Waals surface area contributed by atoms with Crippen LogP contribution in [0.5, 0.6) is 0 Å². The molecule has 3 heterocycles. The molecule has 0 saturated heterocycles. The van der Waals surface area contributed by atoms with E-state index in [0.717, 1.165) is 53.7 Å². The zero-order valence-electron chi connectivity index (χ0n) is 16.3. The van der Waals surface area contributed by atoms with E-state index in [1.54, 1.807) is 11.8 Å². The van der Waals surface area contributed by atoms with Crippen LogP contribution in [0.3, 0.4) is 0 Å². The third-order valence-electron chi connectivity index (χ3n) is 4.76. The van der Waals surface area contributed by atoms with Gasteiger partial charge in [0, 0.05) is 53.9 Å². The predicted molar refractivity (Wildman–Crippen MR) is 114 cm³/mol. The van der Waals surface area contributed by atoms with E-state index in [-0.39, 0.29) is 6.61 Å². The molecule has 1 aromatic carbocycles. The average molecular weight is 399 g/mol. The molecule has 0 fully saturated rings. The molecule has 0 bridgehead atoms. The quantitative estimate of drug-likeness (QED) is 0.373. The van der Waals surface area contributed by atoms with Crippen molar-refractivity contribution >= 4 is 28.4 Å². The molecule has 148 valence electrons. The number of aromatic nitrogens is 3. The van der Waals surface area contributed by atoms with Crippen LogP contribution in [-0.4, -0.2) is 71.7 Å². The van der Waals surface area contributed by atoms with E-state index in [2.05, 4.69) is 57.5 Å². The first-order valence-electron chi connectivity index (χ1n) is 9.56. The number of nitrogens with one attached hydrogen (secondary N) is 2. The molecule has 1 aliphatic rings. The summed E-state index contributed by atoms with van der Waals surface area (Å²) in [5.41, 5.74) is 4.37. The lowest BCUT2D eigenvalue weighted by Crippen LogP contribution is -2.23. The molecule has 0 amide bonds. The minimum Gasteiger partial charge on any atom is -0.395 e. The second-order valence-electron chi connectivity index (χ2n) is 7.07. The molecule has 0 aliphatic carbocycles. The molecule has 0 atom stereocenters. The van der Waals surface area contributed by atoms with E-state index < -0.39 is 0 Å². The molecular weight excluding hydrogens is 372 g/mol. The maximum atomic E-state index is 8.96. The fourth-order valence-electron chi connectivity index (χ4n) is 3.40. The highest BCUT2D eigenvalue weighted by Crippen LogP contribution is 2.49. The van der Waals surface area contributed by atoms with Crippen molar-refractivity contribution < 1.29 is 5.11 Å². The van der Waals surface area contributed by atoms with Gasteiger partial charge in [-0.1, -0.05) is 11.8 Å². The van der Waals surface area contributed by atoms with Crippen LogP contribution >= 0.6 is 11.8 Å². The Labute approximate surface area is 169 Å². The topological polar surface area (TPSA) is 78.2 Å². The van der Waals surface area contributed by atoms with E-state index in [9.17, 15) is 0 Å². The minimum atomic E-state index is 0.146. The van der Waals surface area contributed by atoms with E-state index in [1.807, 2.05) is 12.3 Å². The molecule has 0 radical (unpaired) electrons. The number of nitrogens with zero attached hydrogens (tertiary/aromatic N) is 4.